The summed E-state index contributed by atoms with van der Waals surface area (Å²) in [4.78, 5) is 47.7. The summed E-state index contributed by atoms with van der Waals surface area (Å²) >= 11 is 0. The summed E-state index contributed by atoms with van der Waals surface area (Å²) in [6.45, 7) is 3.36. The molecular weight excluding hydrogens is 454 g/mol. The van der Waals surface area contributed by atoms with Crippen LogP contribution in [-0.2, 0) is 19.1 Å². The second-order valence-electron chi connectivity index (χ2n) is 7.48. The van der Waals surface area contributed by atoms with Crippen LogP contribution in [0.4, 0.5) is 0 Å². The standard InChI is InChI=1S/C25H27N3O7/c1-3-34-21(29)13-12-20(24(31)32)28-23(30)15(2)14-16-4-6-18(7-5-16)25(33)35-19-10-8-17(9-11-19)22(26)27/h4-11,14,20H,3,12-13H2,1-2H3,(H3,26,27)(H,28,30)(H,31,32)/t20-/m0/s1. The molecule has 0 bridgehead atoms. The predicted molar refractivity (Wildman–Crippen MR) is 128 cm³/mol. The van der Waals surface area contributed by atoms with Gasteiger partial charge >= 0.3 is 17.9 Å². The van der Waals surface area contributed by atoms with Gasteiger partial charge < -0.3 is 25.6 Å². The van der Waals surface area contributed by atoms with Gasteiger partial charge in [0, 0.05) is 17.6 Å². The Labute approximate surface area is 202 Å². The maximum Gasteiger partial charge on any atom is 0.343 e. The van der Waals surface area contributed by atoms with Crippen molar-refractivity contribution in [2.75, 3.05) is 6.61 Å². The van der Waals surface area contributed by atoms with Gasteiger partial charge in [-0.25, -0.2) is 9.59 Å². The third-order valence-corrected chi connectivity index (χ3v) is 4.81. The van der Waals surface area contributed by atoms with Crippen LogP contribution in [0.1, 0.15) is 48.2 Å². The fraction of sp³-hybridized carbons (Fsp3) is 0.240. The van der Waals surface area contributed by atoms with Crippen molar-refractivity contribution in [3.8, 4) is 5.75 Å². The van der Waals surface area contributed by atoms with Gasteiger partial charge in [-0.1, -0.05) is 12.1 Å². The fourth-order valence-electron chi connectivity index (χ4n) is 2.92. The molecule has 184 valence electrons. The number of hydrogen-bond donors (Lipinski definition) is 4. The lowest BCUT2D eigenvalue weighted by Crippen LogP contribution is -2.41. The first kappa shape index (κ1) is 26.8. The van der Waals surface area contributed by atoms with Gasteiger partial charge in [0.1, 0.15) is 17.6 Å². The Balaban J connectivity index is 1.99. The van der Waals surface area contributed by atoms with E-state index in [0.717, 1.165) is 0 Å². The molecule has 35 heavy (non-hydrogen) atoms. The Morgan fingerprint density at radius 1 is 1.06 bits per heavy atom. The van der Waals surface area contributed by atoms with E-state index in [-0.39, 0.29) is 36.4 Å². The number of carboxylic acids is 1. The number of carbonyl (C=O) groups is 4. The Bertz CT molecular complexity index is 1120. The summed E-state index contributed by atoms with van der Waals surface area (Å²) in [6, 6.07) is 11.2. The molecule has 0 radical (unpaired) electrons. The number of ether oxygens (including phenoxy) is 2. The van der Waals surface area contributed by atoms with E-state index in [1.165, 1.54) is 37.3 Å². The SMILES string of the molecule is CCOC(=O)CC[C@H](NC(=O)C(C)=Cc1ccc(C(=O)Oc2ccc(C(=N)N)cc2)cc1)C(=O)O. The molecule has 5 N–H and O–H groups in total. The Morgan fingerprint density at radius 2 is 1.66 bits per heavy atom. The van der Waals surface area contributed by atoms with E-state index in [1.807, 2.05) is 0 Å². The maximum absolute atomic E-state index is 12.4. The molecule has 0 saturated carbocycles. The number of aliphatic carboxylic acids is 1. The van der Waals surface area contributed by atoms with Crippen molar-refractivity contribution in [1.82, 2.24) is 5.32 Å². The number of rotatable bonds is 11. The van der Waals surface area contributed by atoms with E-state index in [1.54, 1.807) is 31.2 Å². The third-order valence-electron chi connectivity index (χ3n) is 4.81. The zero-order chi connectivity index (χ0) is 26.0. The lowest BCUT2D eigenvalue weighted by Gasteiger charge is -2.14. The fourth-order valence-corrected chi connectivity index (χ4v) is 2.92. The molecule has 0 fully saturated rings. The topological polar surface area (TPSA) is 169 Å². The van der Waals surface area contributed by atoms with Gasteiger partial charge in [0.15, 0.2) is 0 Å². The first-order valence-corrected chi connectivity index (χ1v) is 10.7. The molecule has 0 saturated heterocycles. The predicted octanol–water partition coefficient (Wildman–Crippen LogP) is 2.51. The summed E-state index contributed by atoms with van der Waals surface area (Å²) < 4.78 is 10.1. The normalized spacial score (nSPS) is 11.8. The van der Waals surface area contributed by atoms with Crippen LogP contribution in [0.5, 0.6) is 5.75 Å². The van der Waals surface area contributed by atoms with Gasteiger partial charge in [0.05, 0.1) is 12.2 Å². The minimum atomic E-state index is -1.26. The smallest absolute Gasteiger partial charge is 0.343 e. The molecule has 0 aliphatic heterocycles. The van der Waals surface area contributed by atoms with E-state index >= 15 is 0 Å². The number of amidine groups is 1. The number of carboxylic acid groups (broad SMARTS) is 1. The molecule has 2 rings (SSSR count). The van der Waals surface area contributed by atoms with Gasteiger partial charge in [-0.3, -0.25) is 15.0 Å². The Kier molecular flexibility index (Phi) is 9.71. The van der Waals surface area contributed by atoms with Crippen molar-refractivity contribution < 1.29 is 33.8 Å². The van der Waals surface area contributed by atoms with Gasteiger partial charge in [-0.15, -0.1) is 0 Å². The second-order valence-corrected chi connectivity index (χ2v) is 7.48. The van der Waals surface area contributed by atoms with Gasteiger partial charge in [0.2, 0.25) is 5.91 Å². The molecule has 0 spiro atoms. The molecule has 10 nitrogen and oxygen atoms in total. The lowest BCUT2D eigenvalue weighted by atomic mass is 10.1. The zero-order valence-electron chi connectivity index (χ0n) is 19.4. The number of amides is 1. The van der Waals surface area contributed by atoms with Crippen molar-refractivity contribution in [3.05, 3.63) is 70.8 Å². The van der Waals surface area contributed by atoms with Crippen LogP contribution in [0, 0.1) is 5.41 Å². The van der Waals surface area contributed by atoms with Crippen molar-refractivity contribution in [2.24, 2.45) is 5.73 Å². The number of nitrogen functional groups attached to an aromatic ring is 1. The monoisotopic (exact) mass is 481 g/mol. The Morgan fingerprint density at radius 3 is 2.20 bits per heavy atom. The number of nitrogens with two attached hydrogens (primary N) is 1. The summed E-state index contributed by atoms with van der Waals surface area (Å²) in [6.07, 6.45) is 1.31. The summed E-state index contributed by atoms with van der Waals surface area (Å²) in [5.41, 5.74) is 7.04. The first-order chi connectivity index (χ1) is 16.6. The van der Waals surface area contributed by atoms with E-state index in [4.69, 9.17) is 20.6 Å². The van der Waals surface area contributed by atoms with Crippen molar-refractivity contribution in [1.29, 1.82) is 5.41 Å². The van der Waals surface area contributed by atoms with Gasteiger partial charge in [-0.05, 0) is 68.3 Å². The number of hydrogen-bond acceptors (Lipinski definition) is 7. The number of esters is 2. The summed E-state index contributed by atoms with van der Waals surface area (Å²) in [5, 5.41) is 19.1. The maximum atomic E-state index is 12.4. The van der Waals surface area contributed by atoms with Crippen LogP contribution in [0.15, 0.2) is 54.1 Å². The van der Waals surface area contributed by atoms with Crippen molar-refractivity contribution in [3.63, 3.8) is 0 Å². The second kappa shape index (κ2) is 12.7. The summed E-state index contributed by atoms with van der Waals surface area (Å²) in [7, 11) is 0. The van der Waals surface area contributed by atoms with E-state index in [9.17, 15) is 24.3 Å². The number of carbonyl (C=O) groups excluding carboxylic acids is 3. The summed E-state index contributed by atoms with van der Waals surface area (Å²) in [5.74, 6) is -2.77. The van der Waals surface area contributed by atoms with Crippen molar-refractivity contribution in [2.45, 2.75) is 32.7 Å². The van der Waals surface area contributed by atoms with Crippen LogP contribution < -0.4 is 15.8 Å². The largest absolute Gasteiger partial charge is 0.480 e. The quantitative estimate of drug-likeness (QED) is 0.125. The van der Waals surface area contributed by atoms with Crippen molar-refractivity contribution >= 4 is 35.7 Å². The minimum absolute atomic E-state index is 0.0920. The molecule has 0 heterocycles. The highest BCUT2D eigenvalue weighted by atomic mass is 16.5. The van der Waals surface area contributed by atoms with Crippen LogP contribution >= 0.6 is 0 Å². The molecule has 0 aliphatic rings. The molecule has 2 aromatic carbocycles. The zero-order valence-corrected chi connectivity index (χ0v) is 19.4. The molecule has 0 aliphatic carbocycles. The van der Waals surface area contributed by atoms with E-state index in [2.05, 4.69) is 5.32 Å². The van der Waals surface area contributed by atoms with E-state index in [0.29, 0.717) is 16.9 Å². The first-order valence-electron chi connectivity index (χ1n) is 10.7. The molecule has 0 aromatic heterocycles. The van der Waals surface area contributed by atoms with Crippen LogP contribution in [0.25, 0.3) is 6.08 Å². The average Bonchev–Trinajstić information content (AvgIpc) is 2.82. The molecule has 2 aromatic rings. The van der Waals surface area contributed by atoms with Gasteiger partial charge in [-0.2, -0.15) is 0 Å². The molecule has 1 amide bonds. The Hall–Kier alpha value is -4.47. The number of benzene rings is 2. The van der Waals surface area contributed by atoms with Crippen LogP contribution in [0.3, 0.4) is 0 Å². The van der Waals surface area contributed by atoms with Crippen LogP contribution in [0.2, 0.25) is 0 Å². The molecule has 1 atom stereocenters. The highest BCUT2D eigenvalue weighted by Crippen LogP contribution is 2.16. The highest BCUT2D eigenvalue weighted by molar-refractivity contribution is 5.99. The number of nitrogens with one attached hydrogen (secondary N) is 2. The van der Waals surface area contributed by atoms with Gasteiger partial charge in [0.25, 0.3) is 0 Å². The van der Waals surface area contributed by atoms with Crippen LogP contribution in [-0.4, -0.2) is 47.4 Å². The average molecular weight is 482 g/mol. The van der Waals surface area contributed by atoms with E-state index < -0.39 is 29.9 Å². The molecular formula is C25H27N3O7. The minimum Gasteiger partial charge on any atom is -0.480 e. The highest BCUT2D eigenvalue weighted by Gasteiger charge is 2.22. The molecule has 0 unspecified atom stereocenters. The molecule has 10 heteroatoms. The lowest BCUT2D eigenvalue weighted by molar-refractivity contribution is -0.145. The third kappa shape index (κ3) is 8.43.